The highest BCUT2D eigenvalue weighted by atomic mass is 32.1. The molecule has 2 aromatic heterocycles. The first kappa shape index (κ1) is 18.9. The molecule has 2 aliphatic rings. The van der Waals surface area contributed by atoms with Crippen molar-refractivity contribution in [3.63, 3.8) is 0 Å². The summed E-state index contributed by atoms with van der Waals surface area (Å²) in [5, 5.41) is 14.6. The summed E-state index contributed by atoms with van der Waals surface area (Å²) >= 11 is 1.55. The zero-order valence-electron chi connectivity index (χ0n) is 15.6. The van der Waals surface area contributed by atoms with Crippen molar-refractivity contribution < 1.29 is 14.1 Å². The second-order valence-corrected chi connectivity index (χ2v) is 8.47. The molecule has 7 nitrogen and oxygen atoms in total. The molecule has 148 valence electrons. The molecular formula is C20H23N3O4S. The summed E-state index contributed by atoms with van der Waals surface area (Å²) < 4.78 is 5.15. The second-order valence-electron chi connectivity index (χ2n) is 7.39. The smallest absolute Gasteiger partial charge is 0.400 e. The lowest BCUT2D eigenvalue weighted by Crippen LogP contribution is -2.36. The van der Waals surface area contributed by atoms with E-state index in [0.717, 1.165) is 56.9 Å². The second kappa shape index (κ2) is 8.26. The van der Waals surface area contributed by atoms with E-state index in [4.69, 9.17) is 4.42 Å². The molecule has 0 unspecified atom stereocenters. The minimum absolute atomic E-state index is 0.0381. The third-order valence-electron chi connectivity index (χ3n) is 5.42. The number of hydrogen-bond donors (Lipinski definition) is 1. The van der Waals surface area contributed by atoms with Crippen LogP contribution in [-0.4, -0.2) is 23.1 Å². The fourth-order valence-corrected chi connectivity index (χ4v) is 5.24. The average Bonchev–Trinajstić information content (AvgIpc) is 3.31. The highest BCUT2D eigenvalue weighted by Gasteiger charge is 2.27. The molecule has 1 fully saturated rings. The van der Waals surface area contributed by atoms with Crippen LogP contribution in [0.25, 0.3) is 0 Å². The standard InChI is InChI=1S/C20H23N3O4S/c24-19(22-13-6-2-1-3-7-13)18-15-8-4-5-9-16(15)28-20(18)21-12-14-10-11-17(27-14)23(25)26/h10-13H,1-9H2,(H,22,24). The van der Waals surface area contributed by atoms with Crippen LogP contribution in [0.3, 0.4) is 0 Å². The molecular weight excluding hydrogens is 378 g/mol. The van der Waals surface area contributed by atoms with E-state index in [0.29, 0.717) is 16.3 Å². The summed E-state index contributed by atoms with van der Waals surface area (Å²) in [6, 6.07) is 3.05. The highest BCUT2D eigenvalue weighted by Crippen LogP contribution is 2.40. The Morgan fingerprint density at radius 1 is 1.21 bits per heavy atom. The van der Waals surface area contributed by atoms with Crippen LogP contribution in [-0.2, 0) is 12.8 Å². The van der Waals surface area contributed by atoms with E-state index in [1.165, 1.54) is 29.6 Å². The number of furan rings is 1. The summed E-state index contributed by atoms with van der Waals surface area (Å²) in [7, 11) is 0. The summed E-state index contributed by atoms with van der Waals surface area (Å²) in [6.07, 6.45) is 11.2. The first-order valence-electron chi connectivity index (χ1n) is 9.85. The van der Waals surface area contributed by atoms with E-state index in [9.17, 15) is 14.9 Å². The van der Waals surface area contributed by atoms with Crippen LogP contribution in [0, 0.1) is 10.1 Å². The highest BCUT2D eigenvalue weighted by molar-refractivity contribution is 7.16. The molecule has 0 bridgehead atoms. The lowest BCUT2D eigenvalue weighted by molar-refractivity contribution is -0.402. The van der Waals surface area contributed by atoms with Crippen molar-refractivity contribution in [2.75, 3.05) is 0 Å². The summed E-state index contributed by atoms with van der Waals surface area (Å²) in [5.74, 6) is -0.0530. The van der Waals surface area contributed by atoms with Gasteiger partial charge in [0.25, 0.3) is 5.91 Å². The molecule has 0 aromatic carbocycles. The predicted octanol–water partition coefficient (Wildman–Crippen LogP) is 4.94. The average molecular weight is 401 g/mol. The normalized spacial score (nSPS) is 17.6. The zero-order chi connectivity index (χ0) is 19.5. The van der Waals surface area contributed by atoms with Crippen LogP contribution < -0.4 is 5.32 Å². The number of nitrogens with one attached hydrogen (secondary N) is 1. The van der Waals surface area contributed by atoms with Gasteiger partial charge in [0.2, 0.25) is 0 Å². The third kappa shape index (κ3) is 4.01. The Bertz CT molecular complexity index is 909. The van der Waals surface area contributed by atoms with Crippen molar-refractivity contribution in [2.45, 2.75) is 63.8 Å². The number of carbonyl (C=O) groups excluding carboxylic acids is 1. The number of thiophene rings is 1. The maximum Gasteiger partial charge on any atom is 0.433 e. The minimum Gasteiger partial charge on any atom is -0.400 e. The number of rotatable bonds is 5. The van der Waals surface area contributed by atoms with Crippen molar-refractivity contribution in [2.24, 2.45) is 4.99 Å². The fourth-order valence-electron chi connectivity index (χ4n) is 4.01. The molecule has 2 aromatic rings. The number of carbonyl (C=O) groups is 1. The van der Waals surface area contributed by atoms with Crippen molar-refractivity contribution in [3.05, 3.63) is 44.0 Å². The Morgan fingerprint density at radius 2 is 2.00 bits per heavy atom. The van der Waals surface area contributed by atoms with Crippen molar-refractivity contribution >= 4 is 34.3 Å². The Morgan fingerprint density at radius 3 is 2.75 bits per heavy atom. The van der Waals surface area contributed by atoms with Crippen LogP contribution in [0.2, 0.25) is 0 Å². The molecule has 0 aliphatic heterocycles. The molecule has 0 saturated heterocycles. The third-order valence-corrected chi connectivity index (χ3v) is 6.62. The van der Waals surface area contributed by atoms with Gasteiger partial charge in [-0.05, 0) is 50.2 Å². The van der Waals surface area contributed by atoms with Gasteiger partial charge < -0.3 is 9.73 Å². The predicted molar refractivity (Wildman–Crippen MR) is 108 cm³/mol. The number of aryl methyl sites for hydroxylation is 1. The molecule has 8 heteroatoms. The SMILES string of the molecule is O=C(NC1CCCCC1)c1c(N=Cc2ccc([N+](=O)[O-])o2)sc2c1CCCC2. The zero-order valence-corrected chi connectivity index (χ0v) is 16.4. The first-order valence-corrected chi connectivity index (χ1v) is 10.7. The maximum absolute atomic E-state index is 13.1. The Hall–Kier alpha value is -2.48. The van der Waals surface area contributed by atoms with E-state index < -0.39 is 4.92 Å². The monoisotopic (exact) mass is 401 g/mol. The van der Waals surface area contributed by atoms with Crippen LogP contribution in [0.1, 0.15) is 71.5 Å². The first-order chi connectivity index (χ1) is 13.6. The maximum atomic E-state index is 13.1. The summed E-state index contributed by atoms with van der Waals surface area (Å²) in [4.78, 5) is 29.0. The largest absolute Gasteiger partial charge is 0.433 e. The molecule has 4 rings (SSSR count). The van der Waals surface area contributed by atoms with Crippen LogP contribution in [0.15, 0.2) is 21.5 Å². The van der Waals surface area contributed by atoms with Gasteiger partial charge in [0.15, 0.2) is 5.76 Å². The number of hydrogen-bond acceptors (Lipinski definition) is 6. The van der Waals surface area contributed by atoms with Gasteiger partial charge in [-0.1, -0.05) is 19.3 Å². The van der Waals surface area contributed by atoms with Crippen molar-refractivity contribution in [1.82, 2.24) is 5.32 Å². The van der Waals surface area contributed by atoms with E-state index in [1.54, 1.807) is 11.3 Å². The van der Waals surface area contributed by atoms with Gasteiger partial charge in [0, 0.05) is 10.9 Å². The molecule has 1 saturated carbocycles. The van der Waals surface area contributed by atoms with E-state index in [-0.39, 0.29) is 17.8 Å². The molecule has 0 radical (unpaired) electrons. The molecule has 28 heavy (non-hydrogen) atoms. The Labute approximate surface area is 167 Å². The summed E-state index contributed by atoms with van der Waals surface area (Å²) in [6.45, 7) is 0. The molecule has 1 amide bonds. The van der Waals surface area contributed by atoms with E-state index in [1.807, 2.05) is 0 Å². The Kier molecular flexibility index (Phi) is 5.57. The fraction of sp³-hybridized carbons (Fsp3) is 0.500. The van der Waals surface area contributed by atoms with Gasteiger partial charge in [-0.2, -0.15) is 0 Å². The van der Waals surface area contributed by atoms with Crippen LogP contribution in [0.4, 0.5) is 10.9 Å². The van der Waals surface area contributed by atoms with E-state index >= 15 is 0 Å². The lowest BCUT2D eigenvalue weighted by atomic mass is 9.93. The molecule has 2 heterocycles. The molecule has 0 atom stereocenters. The summed E-state index contributed by atoms with van der Waals surface area (Å²) in [5.41, 5.74) is 1.81. The quantitative estimate of drug-likeness (QED) is 0.436. The molecule has 0 spiro atoms. The van der Waals surface area contributed by atoms with Crippen molar-refractivity contribution in [1.29, 1.82) is 0 Å². The van der Waals surface area contributed by atoms with Crippen molar-refractivity contribution in [3.8, 4) is 0 Å². The number of nitro groups is 1. The molecule has 1 N–H and O–H groups in total. The lowest BCUT2D eigenvalue weighted by Gasteiger charge is -2.23. The van der Waals surface area contributed by atoms with Gasteiger partial charge in [0.05, 0.1) is 17.8 Å². The van der Waals surface area contributed by atoms with Gasteiger partial charge in [0.1, 0.15) is 9.92 Å². The number of fused-ring (bicyclic) bond motifs is 1. The molecule has 2 aliphatic carbocycles. The van der Waals surface area contributed by atoms with Gasteiger partial charge >= 0.3 is 5.88 Å². The number of aliphatic imine (C=N–C) groups is 1. The van der Waals surface area contributed by atoms with Gasteiger partial charge in [-0.15, -0.1) is 11.3 Å². The van der Waals surface area contributed by atoms with Gasteiger partial charge in [-0.25, -0.2) is 4.99 Å². The Balaban J connectivity index is 1.60. The van der Waals surface area contributed by atoms with Gasteiger partial charge in [-0.3, -0.25) is 14.9 Å². The number of amides is 1. The number of nitrogens with zero attached hydrogens (tertiary/aromatic N) is 2. The van der Waals surface area contributed by atoms with E-state index in [2.05, 4.69) is 10.3 Å². The van der Waals surface area contributed by atoms with Crippen LogP contribution in [0.5, 0.6) is 0 Å². The topological polar surface area (TPSA) is 97.7 Å². The minimum atomic E-state index is -0.579. The van der Waals surface area contributed by atoms with Crippen LogP contribution >= 0.6 is 11.3 Å².